The molecule has 1 aliphatic carbocycles. The molecule has 1 heterocycles. The standard InChI is InChI=1S/C14H25NO3/c1-2-7-15(9-12-4-5-12)10-14(13(16)17)6-3-8-18-11-14/h12H,2-11H2,1H3,(H,16,17). The van der Waals surface area contributed by atoms with Gasteiger partial charge in [-0.15, -0.1) is 0 Å². The highest BCUT2D eigenvalue weighted by Crippen LogP contribution is 2.34. The van der Waals surface area contributed by atoms with Crippen molar-refractivity contribution in [3.8, 4) is 0 Å². The second-order valence-electron chi connectivity index (χ2n) is 5.92. The van der Waals surface area contributed by atoms with E-state index in [2.05, 4.69) is 11.8 Å². The summed E-state index contributed by atoms with van der Waals surface area (Å²) in [6, 6.07) is 0. The fourth-order valence-electron chi connectivity index (χ4n) is 2.86. The van der Waals surface area contributed by atoms with Crippen LogP contribution in [0.25, 0.3) is 0 Å². The molecule has 0 amide bonds. The number of carbonyl (C=O) groups is 1. The fraction of sp³-hybridized carbons (Fsp3) is 0.929. The van der Waals surface area contributed by atoms with E-state index in [1.165, 1.54) is 12.8 Å². The molecular formula is C14H25NO3. The van der Waals surface area contributed by atoms with Crippen molar-refractivity contribution in [2.24, 2.45) is 11.3 Å². The van der Waals surface area contributed by atoms with E-state index >= 15 is 0 Å². The molecule has 1 saturated heterocycles. The summed E-state index contributed by atoms with van der Waals surface area (Å²) in [6.45, 7) is 5.99. The summed E-state index contributed by atoms with van der Waals surface area (Å²) < 4.78 is 5.44. The summed E-state index contributed by atoms with van der Waals surface area (Å²) in [6.07, 6.45) is 5.35. The van der Waals surface area contributed by atoms with Crippen molar-refractivity contribution < 1.29 is 14.6 Å². The molecule has 0 aromatic rings. The molecule has 0 spiro atoms. The molecule has 4 nitrogen and oxygen atoms in total. The largest absolute Gasteiger partial charge is 0.481 e. The topological polar surface area (TPSA) is 49.8 Å². The number of hydrogen-bond donors (Lipinski definition) is 1. The zero-order valence-electron chi connectivity index (χ0n) is 11.4. The number of aliphatic carboxylic acids is 1. The zero-order valence-corrected chi connectivity index (χ0v) is 11.4. The van der Waals surface area contributed by atoms with Crippen LogP contribution in [0.3, 0.4) is 0 Å². The van der Waals surface area contributed by atoms with Gasteiger partial charge < -0.3 is 14.7 Å². The summed E-state index contributed by atoms with van der Waals surface area (Å²) in [5, 5.41) is 9.55. The van der Waals surface area contributed by atoms with E-state index < -0.39 is 11.4 Å². The summed E-state index contributed by atoms with van der Waals surface area (Å²) in [5.74, 6) is 0.131. The van der Waals surface area contributed by atoms with Crippen molar-refractivity contribution in [1.82, 2.24) is 4.90 Å². The van der Waals surface area contributed by atoms with Gasteiger partial charge >= 0.3 is 5.97 Å². The molecule has 2 fully saturated rings. The third-order valence-electron chi connectivity index (χ3n) is 4.06. The van der Waals surface area contributed by atoms with Crippen LogP contribution >= 0.6 is 0 Å². The lowest BCUT2D eigenvalue weighted by Gasteiger charge is -2.37. The van der Waals surface area contributed by atoms with Crippen LogP contribution in [0.4, 0.5) is 0 Å². The average Bonchev–Trinajstić information content (AvgIpc) is 3.14. The normalized spacial score (nSPS) is 28.6. The van der Waals surface area contributed by atoms with Crippen LogP contribution in [0, 0.1) is 11.3 Å². The van der Waals surface area contributed by atoms with Gasteiger partial charge in [0.2, 0.25) is 0 Å². The van der Waals surface area contributed by atoms with Gasteiger partial charge in [0.25, 0.3) is 0 Å². The summed E-state index contributed by atoms with van der Waals surface area (Å²) in [7, 11) is 0. The van der Waals surface area contributed by atoms with Crippen molar-refractivity contribution >= 4 is 5.97 Å². The molecule has 2 aliphatic rings. The fourth-order valence-corrected chi connectivity index (χ4v) is 2.86. The highest BCUT2D eigenvalue weighted by atomic mass is 16.5. The minimum absolute atomic E-state index is 0.382. The molecule has 1 saturated carbocycles. The van der Waals surface area contributed by atoms with Gasteiger partial charge in [-0.2, -0.15) is 0 Å². The molecule has 1 aliphatic heterocycles. The average molecular weight is 255 g/mol. The number of carboxylic acid groups (broad SMARTS) is 1. The van der Waals surface area contributed by atoms with Crippen LogP contribution in [0.1, 0.15) is 39.0 Å². The Morgan fingerprint density at radius 1 is 1.50 bits per heavy atom. The van der Waals surface area contributed by atoms with E-state index in [1.54, 1.807) is 0 Å². The molecule has 18 heavy (non-hydrogen) atoms. The van der Waals surface area contributed by atoms with E-state index in [1.807, 2.05) is 0 Å². The number of rotatable bonds is 7. The second kappa shape index (κ2) is 6.02. The first-order chi connectivity index (χ1) is 8.66. The van der Waals surface area contributed by atoms with Crippen molar-refractivity contribution in [3.05, 3.63) is 0 Å². The van der Waals surface area contributed by atoms with Gasteiger partial charge in [-0.3, -0.25) is 4.79 Å². The van der Waals surface area contributed by atoms with Crippen molar-refractivity contribution in [2.45, 2.75) is 39.0 Å². The summed E-state index contributed by atoms with van der Waals surface area (Å²) in [5.41, 5.74) is -0.664. The maximum absolute atomic E-state index is 11.6. The van der Waals surface area contributed by atoms with Crippen LogP contribution < -0.4 is 0 Å². The van der Waals surface area contributed by atoms with E-state index in [0.29, 0.717) is 19.8 Å². The summed E-state index contributed by atoms with van der Waals surface area (Å²) in [4.78, 5) is 14.0. The minimum atomic E-state index is -0.681. The molecular weight excluding hydrogens is 230 g/mol. The summed E-state index contributed by atoms with van der Waals surface area (Å²) >= 11 is 0. The van der Waals surface area contributed by atoms with Gasteiger partial charge in [0.1, 0.15) is 5.41 Å². The van der Waals surface area contributed by atoms with Gasteiger partial charge in [0.15, 0.2) is 0 Å². The Morgan fingerprint density at radius 3 is 2.78 bits per heavy atom. The van der Waals surface area contributed by atoms with Crippen LogP contribution in [0.15, 0.2) is 0 Å². The number of nitrogens with zero attached hydrogens (tertiary/aromatic N) is 1. The van der Waals surface area contributed by atoms with E-state index in [9.17, 15) is 9.90 Å². The lowest BCUT2D eigenvalue weighted by molar-refractivity contribution is -0.159. The third-order valence-corrected chi connectivity index (χ3v) is 4.06. The number of ether oxygens (including phenoxy) is 1. The molecule has 0 bridgehead atoms. The number of carboxylic acids is 1. The Kier molecular flexibility index (Phi) is 4.62. The van der Waals surface area contributed by atoms with E-state index in [4.69, 9.17) is 4.74 Å². The molecule has 0 aromatic carbocycles. The van der Waals surface area contributed by atoms with Gasteiger partial charge in [0, 0.05) is 19.7 Å². The van der Waals surface area contributed by atoms with Crippen LogP contribution in [-0.4, -0.2) is 48.8 Å². The SMILES string of the molecule is CCCN(CC1CC1)CC1(C(=O)O)CCCOC1. The monoisotopic (exact) mass is 255 g/mol. The highest BCUT2D eigenvalue weighted by Gasteiger charge is 2.42. The zero-order chi connectivity index (χ0) is 13.0. The lowest BCUT2D eigenvalue weighted by atomic mass is 9.82. The first-order valence-corrected chi connectivity index (χ1v) is 7.20. The van der Waals surface area contributed by atoms with Gasteiger partial charge in [0.05, 0.1) is 6.61 Å². The predicted molar refractivity (Wildman–Crippen MR) is 69.6 cm³/mol. The first-order valence-electron chi connectivity index (χ1n) is 7.20. The Labute approximate surface area is 109 Å². The van der Waals surface area contributed by atoms with Gasteiger partial charge in [-0.25, -0.2) is 0 Å². The Bertz CT molecular complexity index is 283. The minimum Gasteiger partial charge on any atom is -0.481 e. The smallest absolute Gasteiger partial charge is 0.313 e. The molecule has 0 radical (unpaired) electrons. The second-order valence-corrected chi connectivity index (χ2v) is 5.92. The van der Waals surface area contributed by atoms with E-state index in [0.717, 1.165) is 38.3 Å². The number of hydrogen-bond acceptors (Lipinski definition) is 3. The molecule has 4 heteroatoms. The maximum Gasteiger partial charge on any atom is 0.313 e. The Balaban J connectivity index is 1.97. The highest BCUT2D eigenvalue weighted by molar-refractivity contribution is 5.75. The van der Waals surface area contributed by atoms with Crippen LogP contribution in [0.5, 0.6) is 0 Å². The van der Waals surface area contributed by atoms with Gasteiger partial charge in [-0.05, 0) is 44.6 Å². The van der Waals surface area contributed by atoms with Crippen molar-refractivity contribution in [1.29, 1.82) is 0 Å². The van der Waals surface area contributed by atoms with Crippen molar-refractivity contribution in [2.75, 3.05) is 32.8 Å². The molecule has 1 N–H and O–H groups in total. The lowest BCUT2D eigenvalue weighted by Crippen LogP contribution is -2.49. The van der Waals surface area contributed by atoms with Crippen LogP contribution in [-0.2, 0) is 9.53 Å². The predicted octanol–water partition coefficient (Wildman–Crippen LogP) is 1.99. The molecule has 1 unspecified atom stereocenters. The first kappa shape index (κ1) is 13.8. The molecule has 1 atom stereocenters. The maximum atomic E-state index is 11.6. The third kappa shape index (κ3) is 3.45. The van der Waals surface area contributed by atoms with Crippen LogP contribution in [0.2, 0.25) is 0 Å². The Hall–Kier alpha value is -0.610. The molecule has 0 aromatic heterocycles. The van der Waals surface area contributed by atoms with E-state index in [-0.39, 0.29) is 0 Å². The molecule has 2 rings (SSSR count). The molecule has 104 valence electrons. The van der Waals surface area contributed by atoms with Crippen molar-refractivity contribution in [3.63, 3.8) is 0 Å². The Morgan fingerprint density at radius 2 is 2.28 bits per heavy atom. The van der Waals surface area contributed by atoms with Gasteiger partial charge in [-0.1, -0.05) is 6.92 Å². The quantitative estimate of drug-likeness (QED) is 0.756.